The summed E-state index contributed by atoms with van der Waals surface area (Å²) in [5.74, 6) is -0.244. The van der Waals surface area contributed by atoms with Crippen molar-refractivity contribution < 1.29 is 14.6 Å². The van der Waals surface area contributed by atoms with Crippen molar-refractivity contribution in [3.8, 4) is 0 Å². The molecule has 1 amide bonds. The molecule has 0 aromatic carbocycles. The molecule has 0 saturated carbocycles. The second kappa shape index (κ2) is 4.04. The highest BCUT2D eigenvalue weighted by molar-refractivity contribution is 5.86. The Labute approximate surface area is 77.2 Å². The molecule has 1 unspecified atom stereocenters. The van der Waals surface area contributed by atoms with Gasteiger partial charge in [0.25, 0.3) is 0 Å². The van der Waals surface area contributed by atoms with Crippen LogP contribution in [0.15, 0.2) is 0 Å². The van der Waals surface area contributed by atoms with E-state index in [0.717, 1.165) is 0 Å². The van der Waals surface area contributed by atoms with E-state index in [4.69, 9.17) is 15.6 Å². The summed E-state index contributed by atoms with van der Waals surface area (Å²) in [6.45, 7) is 2.42. The Bertz CT molecular complexity index is 190. The Kier molecular flexibility index (Phi) is 3.24. The molecule has 0 aromatic heterocycles. The van der Waals surface area contributed by atoms with E-state index >= 15 is 0 Å². The van der Waals surface area contributed by atoms with Crippen LogP contribution in [0.2, 0.25) is 0 Å². The molecule has 1 fully saturated rings. The third kappa shape index (κ3) is 2.40. The number of hydrogen-bond donors (Lipinski definition) is 3. The maximum absolute atomic E-state index is 11.5. The van der Waals surface area contributed by atoms with Crippen molar-refractivity contribution in [3.05, 3.63) is 0 Å². The van der Waals surface area contributed by atoms with Crippen LogP contribution in [0.1, 0.15) is 13.3 Å². The molecule has 13 heavy (non-hydrogen) atoms. The van der Waals surface area contributed by atoms with Crippen LogP contribution in [0.3, 0.4) is 0 Å². The van der Waals surface area contributed by atoms with Crippen molar-refractivity contribution in [2.24, 2.45) is 5.73 Å². The molecule has 1 heterocycles. The van der Waals surface area contributed by atoms with Gasteiger partial charge in [-0.1, -0.05) is 0 Å². The zero-order valence-electron chi connectivity index (χ0n) is 7.75. The third-order valence-corrected chi connectivity index (χ3v) is 2.16. The summed E-state index contributed by atoms with van der Waals surface area (Å²) in [6, 6.07) is -0.256. The van der Waals surface area contributed by atoms with E-state index in [1.165, 1.54) is 0 Å². The van der Waals surface area contributed by atoms with E-state index < -0.39 is 5.54 Å². The summed E-state index contributed by atoms with van der Waals surface area (Å²) >= 11 is 0. The first-order valence-corrected chi connectivity index (χ1v) is 4.37. The molecule has 76 valence electrons. The molecule has 4 N–H and O–H groups in total. The number of aliphatic hydroxyl groups is 1. The van der Waals surface area contributed by atoms with Gasteiger partial charge in [0.15, 0.2) is 0 Å². The van der Waals surface area contributed by atoms with Gasteiger partial charge in [0.2, 0.25) is 5.91 Å². The zero-order chi connectivity index (χ0) is 9.90. The quantitative estimate of drug-likeness (QED) is 0.508. The van der Waals surface area contributed by atoms with Gasteiger partial charge in [-0.05, 0) is 13.3 Å². The van der Waals surface area contributed by atoms with E-state index in [1.807, 2.05) is 0 Å². The smallest absolute Gasteiger partial charge is 0.242 e. The minimum Gasteiger partial charge on any atom is -0.394 e. The van der Waals surface area contributed by atoms with Gasteiger partial charge in [-0.25, -0.2) is 0 Å². The largest absolute Gasteiger partial charge is 0.394 e. The number of ether oxygens (including phenoxy) is 1. The molecule has 0 aromatic rings. The van der Waals surface area contributed by atoms with Crippen molar-refractivity contribution in [1.82, 2.24) is 5.32 Å². The van der Waals surface area contributed by atoms with Gasteiger partial charge in [-0.3, -0.25) is 4.79 Å². The first kappa shape index (κ1) is 10.4. The van der Waals surface area contributed by atoms with Gasteiger partial charge in [0.05, 0.1) is 13.2 Å². The van der Waals surface area contributed by atoms with E-state index in [9.17, 15) is 4.79 Å². The van der Waals surface area contributed by atoms with Gasteiger partial charge in [-0.2, -0.15) is 0 Å². The normalized spacial score (nSPS) is 30.1. The number of amides is 1. The summed E-state index contributed by atoms with van der Waals surface area (Å²) in [5, 5.41) is 11.3. The number of nitrogens with two attached hydrogens (primary N) is 1. The lowest BCUT2D eigenvalue weighted by molar-refractivity contribution is -0.127. The minimum atomic E-state index is -0.899. The fourth-order valence-electron chi connectivity index (χ4n) is 1.17. The maximum atomic E-state index is 11.5. The Balaban J connectivity index is 2.46. The van der Waals surface area contributed by atoms with E-state index in [2.05, 4.69) is 5.32 Å². The lowest BCUT2D eigenvalue weighted by Crippen LogP contribution is -2.56. The number of carbonyl (C=O) groups excluding carboxylic acids is 1. The third-order valence-electron chi connectivity index (χ3n) is 2.16. The number of hydrogen-bond acceptors (Lipinski definition) is 4. The highest BCUT2D eigenvalue weighted by Gasteiger charge is 2.38. The first-order chi connectivity index (χ1) is 6.08. The lowest BCUT2D eigenvalue weighted by atomic mass is 9.99. The van der Waals surface area contributed by atoms with E-state index in [1.54, 1.807) is 6.92 Å². The predicted molar refractivity (Wildman–Crippen MR) is 47.0 cm³/mol. The van der Waals surface area contributed by atoms with Crippen LogP contribution in [0.5, 0.6) is 0 Å². The number of rotatable bonds is 3. The van der Waals surface area contributed by atoms with Crippen LogP contribution >= 0.6 is 0 Å². The molecule has 0 radical (unpaired) electrons. The van der Waals surface area contributed by atoms with Gasteiger partial charge >= 0.3 is 0 Å². The van der Waals surface area contributed by atoms with E-state index in [0.29, 0.717) is 13.0 Å². The Morgan fingerprint density at radius 2 is 2.54 bits per heavy atom. The van der Waals surface area contributed by atoms with Crippen molar-refractivity contribution in [2.45, 2.75) is 24.9 Å². The topological polar surface area (TPSA) is 84.6 Å². The van der Waals surface area contributed by atoms with Crippen LogP contribution in [-0.2, 0) is 9.53 Å². The highest BCUT2D eigenvalue weighted by Crippen LogP contribution is 2.15. The first-order valence-electron chi connectivity index (χ1n) is 4.37. The predicted octanol–water partition coefficient (Wildman–Crippen LogP) is -1.40. The van der Waals surface area contributed by atoms with Crippen LogP contribution in [-0.4, -0.2) is 42.4 Å². The Morgan fingerprint density at radius 1 is 1.85 bits per heavy atom. The molecule has 0 bridgehead atoms. The molecule has 1 aliphatic rings. The van der Waals surface area contributed by atoms with Crippen LogP contribution < -0.4 is 11.1 Å². The minimum absolute atomic E-state index is 0.0807. The molecule has 0 aliphatic carbocycles. The van der Waals surface area contributed by atoms with Crippen molar-refractivity contribution in [3.63, 3.8) is 0 Å². The molecule has 5 nitrogen and oxygen atoms in total. The molecular weight excluding hydrogens is 172 g/mol. The van der Waals surface area contributed by atoms with Crippen molar-refractivity contribution in [2.75, 3.05) is 19.8 Å². The molecule has 1 rings (SSSR count). The second-order valence-electron chi connectivity index (χ2n) is 3.52. The number of carbonyl (C=O) groups is 1. The SMILES string of the molecule is C[C@H](CO)NC(=O)C1(N)CCOC1. The molecule has 1 saturated heterocycles. The summed E-state index contributed by atoms with van der Waals surface area (Å²) in [4.78, 5) is 11.5. The van der Waals surface area contributed by atoms with Crippen LogP contribution in [0, 0.1) is 0 Å². The average Bonchev–Trinajstić information content (AvgIpc) is 2.53. The Morgan fingerprint density at radius 3 is 3.00 bits per heavy atom. The lowest BCUT2D eigenvalue weighted by Gasteiger charge is -2.22. The number of aliphatic hydroxyl groups excluding tert-OH is 1. The maximum Gasteiger partial charge on any atom is 0.242 e. The van der Waals surface area contributed by atoms with Crippen LogP contribution in [0.4, 0.5) is 0 Å². The van der Waals surface area contributed by atoms with Gasteiger partial charge in [-0.15, -0.1) is 0 Å². The number of nitrogens with one attached hydrogen (secondary N) is 1. The van der Waals surface area contributed by atoms with Gasteiger partial charge in [0.1, 0.15) is 5.54 Å². The molecule has 0 spiro atoms. The summed E-state index contributed by atoms with van der Waals surface area (Å²) in [5.41, 5.74) is 4.89. The Hall–Kier alpha value is -0.650. The second-order valence-corrected chi connectivity index (χ2v) is 3.52. The highest BCUT2D eigenvalue weighted by atomic mass is 16.5. The molecule has 5 heteroatoms. The average molecular weight is 188 g/mol. The summed E-state index contributed by atoms with van der Waals surface area (Å²) in [6.07, 6.45) is 0.539. The zero-order valence-corrected chi connectivity index (χ0v) is 7.75. The van der Waals surface area contributed by atoms with Crippen LogP contribution in [0.25, 0.3) is 0 Å². The fraction of sp³-hybridized carbons (Fsp3) is 0.875. The molecule has 2 atom stereocenters. The van der Waals surface area contributed by atoms with E-state index in [-0.39, 0.29) is 25.2 Å². The monoisotopic (exact) mass is 188 g/mol. The van der Waals surface area contributed by atoms with Gasteiger partial charge < -0.3 is 20.9 Å². The van der Waals surface area contributed by atoms with Gasteiger partial charge in [0, 0.05) is 12.6 Å². The molecular formula is C8H16N2O3. The van der Waals surface area contributed by atoms with Crippen molar-refractivity contribution >= 4 is 5.91 Å². The fourth-order valence-corrected chi connectivity index (χ4v) is 1.17. The summed E-state index contributed by atoms with van der Waals surface area (Å²) in [7, 11) is 0. The molecule has 1 aliphatic heterocycles. The standard InChI is InChI=1S/C8H16N2O3/c1-6(4-11)10-7(12)8(9)2-3-13-5-8/h6,11H,2-5,9H2,1H3,(H,10,12)/t6-,8?/m1/s1. The van der Waals surface area contributed by atoms with Crippen molar-refractivity contribution in [1.29, 1.82) is 0 Å². The summed E-state index contributed by atoms with van der Waals surface area (Å²) < 4.78 is 5.05.